The molecule has 0 unspecified atom stereocenters. The van der Waals surface area contributed by atoms with Crippen molar-refractivity contribution >= 4 is 17.7 Å². The summed E-state index contributed by atoms with van der Waals surface area (Å²) in [6, 6.07) is -0.934. The van der Waals surface area contributed by atoms with Gasteiger partial charge in [0, 0.05) is 54.9 Å². The predicted molar refractivity (Wildman–Crippen MR) is 276 cm³/mol. The molecule has 2 aromatic heterocycles. The fourth-order valence-electron chi connectivity index (χ4n) is 18.8. The molecule has 0 spiro atoms. The Hall–Kier alpha value is -3.62. The summed E-state index contributed by atoms with van der Waals surface area (Å²) in [5.74, 6) is -7.07. The van der Waals surface area contributed by atoms with Gasteiger partial charge < -0.3 is 92.2 Å². The molecular formula is C55H86N8O14. The van der Waals surface area contributed by atoms with Crippen LogP contribution in [0.5, 0.6) is 0 Å². The number of ether oxygens (including phenoxy) is 2. The monoisotopic (exact) mass is 1080 g/mol. The largest absolute Gasteiger partial charge is 0.481 e. The zero-order valence-electron chi connectivity index (χ0n) is 45.3. The number of nitrogens with zero attached hydrogens (tertiary/aromatic N) is 2. The van der Waals surface area contributed by atoms with Gasteiger partial charge in [-0.05, 0) is 121 Å². The molecule has 1 amide bonds. The smallest absolute Gasteiger partial charge is 0.310 e. The molecule has 77 heavy (non-hydrogen) atoms. The molecule has 0 aromatic carbocycles. The Morgan fingerprint density at radius 3 is 2.38 bits per heavy atom. The molecule has 10 rings (SSSR count). The Balaban J connectivity index is 1.16. The number of aromatic amines is 2. The van der Waals surface area contributed by atoms with E-state index in [0.29, 0.717) is 63.0 Å². The maximum absolute atomic E-state index is 14.4. The highest BCUT2D eigenvalue weighted by atomic mass is 16.7. The third-order valence-electron chi connectivity index (χ3n) is 23.1. The first kappa shape index (κ1) is 56.6. The third kappa shape index (κ3) is 8.26. The number of hydrogen-bond donors (Lipinski definition) is 16. The molecule has 6 fully saturated rings. The fourth-order valence-corrected chi connectivity index (χ4v) is 18.8. The fraction of sp³-hybridized carbons (Fsp3) is 0.818. The number of nitrogens with one attached hydrogen (secondary N) is 5. The number of aromatic nitrogens is 4. The predicted octanol–water partition coefficient (Wildman–Crippen LogP) is -0.224. The van der Waals surface area contributed by atoms with E-state index in [0.717, 1.165) is 11.3 Å². The van der Waals surface area contributed by atoms with Crippen molar-refractivity contribution in [2.75, 3.05) is 51.9 Å². The standard InChI is InChI=1S/C55H86N8O14/c1-50(21-65)11-12-55(49(74)75)31(15-50)28-7-8-37-52(3,54(28,5)29-14-33-46(62-24-61-33)59-17-32(29)55)10-9-36-51(2,22-66)44(77-48-43(71)42(70)35(67)20-76-48)41(69)30(53(36,37)4)13-25-27(19-64)47(73)63-39(25)38(34-18-58-23-60-34)40(68)26(16-57-6)45(56)72/h7,18,23-27,29-32,35-45,48,57,59,64-72H,8-17,19-22,56H2,1-6H3,(H,58,60)(H,61,62)(H,63,73)(H,74,75)/t25-,26+,27-,29+,30-,31+,32+,35-,36-,37+,38+,39-,40+,41-,42+,43-,44-,45+,48+,50+,51+,52-,53+,54+,55-/m1/s1. The minimum absolute atomic E-state index is 0.0474. The number of rotatable bonds is 15. The number of fused-ring (bicyclic) bond motifs is 11. The average molecular weight is 1080 g/mol. The molecule has 430 valence electrons. The van der Waals surface area contributed by atoms with Crippen molar-refractivity contribution in [1.29, 1.82) is 0 Å². The summed E-state index contributed by atoms with van der Waals surface area (Å²) in [6.45, 7) is 9.65. The lowest BCUT2D eigenvalue weighted by atomic mass is 9.29. The van der Waals surface area contributed by atoms with Gasteiger partial charge >= 0.3 is 5.97 Å². The van der Waals surface area contributed by atoms with Crippen LogP contribution in [0.4, 0.5) is 5.82 Å². The maximum atomic E-state index is 14.4. The van der Waals surface area contributed by atoms with Crippen molar-refractivity contribution in [2.45, 2.75) is 147 Å². The second-order valence-electron chi connectivity index (χ2n) is 26.1. The van der Waals surface area contributed by atoms with Crippen LogP contribution in [0, 0.1) is 85.8 Å². The number of aliphatic hydroxyl groups excluding tert-OH is 9. The molecule has 5 heterocycles. The number of hydrogen-bond acceptors (Lipinski definition) is 18. The molecule has 17 N–H and O–H groups in total. The number of carboxylic acids is 1. The van der Waals surface area contributed by atoms with Crippen molar-refractivity contribution in [3.8, 4) is 0 Å². The molecule has 25 atom stereocenters. The van der Waals surface area contributed by atoms with Crippen LogP contribution in [0.1, 0.15) is 96.9 Å². The van der Waals surface area contributed by atoms with Gasteiger partial charge in [-0.15, -0.1) is 0 Å². The molecule has 2 saturated heterocycles. The Morgan fingerprint density at radius 2 is 1.73 bits per heavy atom. The number of imidazole rings is 2. The van der Waals surface area contributed by atoms with Crippen molar-refractivity contribution in [3.05, 3.63) is 41.9 Å². The van der Waals surface area contributed by atoms with E-state index in [1.165, 1.54) is 12.5 Å². The highest BCUT2D eigenvalue weighted by molar-refractivity contribution is 5.82. The molecular weight excluding hydrogens is 997 g/mol. The summed E-state index contributed by atoms with van der Waals surface area (Å²) in [5.41, 5.74) is 3.26. The molecule has 2 aromatic rings. The molecule has 4 saturated carbocycles. The number of carboxylic acid groups (broad SMARTS) is 1. The quantitative estimate of drug-likeness (QED) is 0.0622. The Labute approximate surface area is 449 Å². The topological polar surface area (TPSA) is 374 Å². The molecule has 0 bridgehead atoms. The van der Waals surface area contributed by atoms with Crippen LogP contribution in [0.2, 0.25) is 0 Å². The van der Waals surface area contributed by atoms with Gasteiger partial charge in [0.1, 0.15) is 30.4 Å². The summed E-state index contributed by atoms with van der Waals surface area (Å²) in [6.07, 6.45) is -1.53. The number of H-pyrrole nitrogens is 2. The SMILES string of the molecule is CNC[C@@H]([C@H](O)[C@@H](c1cnc[nH]1)[C@@H]1NC(=O)[C@H](CO)[C@H]1C[C@@H]1[C@@H](O)[C@@H](O[C@@H]2OC[C@@H](O)[C@H](O)[C@H]2O)[C@@](C)(CO)[C@H]2CC[C@]3(C)[C@H](CC=C4[C@@H]5C[C@@](C)(CO)CC[C@]5(C(=O)O)[C@H]5CNc6nc[nH]c6C[C@@H]5[C@]43C)[C@@]12C)[C@@H](N)O. The van der Waals surface area contributed by atoms with E-state index in [1.54, 1.807) is 13.4 Å². The lowest BCUT2D eigenvalue weighted by Crippen LogP contribution is -2.74. The number of aliphatic hydroxyl groups is 9. The molecule has 8 aliphatic rings. The van der Waals surface area contributed by atoms with Crippen molar-refractivity contribution < 1.29 is 70.1 Å². The number of allylic oxidation sites excluding steroid dienone is 2. The molecule has 3 aliphatic heterocycles. The summed E-state index contributed by atoms with van der Waals surface area (Å²) in [5, 5.41) is 126. The second kappa shape index (κ2) is 20.4. The van der Waals surface area contributed by atoms with Gasteiger partial charge in [0.2, 0.25) is 5.91 Å². The number of nitrogens with two attached hydrogens (primary N) is 1. The van der Waals surface area contributed by atoms with Gasteiger partial charge in [-0.2, -0.15) is 0 Å². The average Bonchev–Trinajstić information content (AvgIpc) is 3.69. The highest BCUT2D eigenvalue weighted by Crippen LogP contribution is 2.79. The summed E-state index contributed by atoms with van der Waals surface area (Å²) < 4.78 is 12.6. The summed E-state index contributed by atoms with van der Waals surface area (Å²) >= 11 is 0. The van der Waals surface area contributed by atoms with E-state index in [9.17, 15) is 60.7 Å². The zero-order valence-corrected chi connectivity index (χ0v) is 45.3. The van der Waals surface area contributed by atoms with E-state index in [-0.39, 0.29) is 43.9 Å². The Morgan fingerprint density at radius 1 is 0.974 bits per heavy atom. The number of aliphatic carboxylic acids is 1. The number of carbonyl (C=O) groups excluding carboxylic acids is 1. The summed E-state index contributed by atoms with van der Waals surface area (Å²) in [7, 11) is 1.66. The van der Waals surface area contributed by atoms with Crippen LogP contribution >= 0.6 is 0 Å². The second-order valence-corrected chi connectivity index (χ2v) is 26.1. The Bertz CT molecular complexity index is 2500. The zero-order chi connectivity index (χ0) is 55.5. The van der Waals surface area contributed by atoms with E-state index in [2.05, 4.69) is 69.7 Å². The lowest BCUT2D eigenvalue weighted by molar-refractivity contribution is -0.341. The molecule has 5 aliphatic carbocycles. The van der Waals surface area contributed by atoms with Gasteiger partial charge in [-0.1, -0.05) is 46.3 Å². The molecule has 22 heteroatoms. The minimum atomic E-state index is -1.73. The van der Waals surface area contributed by atoms with Gasteiger partial charge in [0.25, 0.3) is 0 Å². The first-order valence-electron chi connectivity index (χ1n) is 28.0. The Kier molecular flexibility index (Phi) is 15.0. The first-order chi connectivity index (χ1) is 36.5. The van der Waals surface area contributed by atoms with Crippen LogP contribution in [0.3, 0.4) is 0 Å². The number of amides is 1. The van der Waals surface area contributed by atoms with Crippen LogP contribution in [-0.2, 0) is 25.5 Å². The summed E-state index contributed by atoms with van der Waals surface area (Å²) in [4.78, 5) is 44.2. The van der Waals surface area contributed by atoms with Crippen LogP contribution in [0.25, 0.3) is 0 Å². The molecule has 22 nitrogen and oxygen atoms in total. The van der Waals surface area contributed by atoms with Crippen LogP contribution in [0.15, 0.2) is 30.5 Å². The lowest BCUT2D eigenvalue weighted by Gasteiger charge is -2.75. The maximum Gasteiger partial charge on any atom is 0.310 e. The van der Waals surface area contributed by atoms with E-state index in [1.807, 2.05) is 6.92 Å². The van der Waals surface area contributed by atoms with E-state index >= 15 is 0 Å². The van der Waals surface area contributed by atoms with E-state index in [4.69, 9.17) is 15.2 Å². The van der Waals surface area contributed by atoms with Crippen molar-refractivity contribution in [1.82, 2.24) is 30.6 Å². The van der Waals surface area contributed by atoms with Crippen molar-refractivity contribution in [2.24, 2.45) is 91.5 Å². The van der Waals surface area contributed by atoms with Crippen molar-refractivity contribution in [3.63, 3.8) is 0 Å². The van der Waals surface area contributed by atoms with E-state index < -0.39 is 154 Å². The van der Waals surface area contributed by atoms with Gasteiger partial charge in [0.15, 0.2) is 6.29 Å². The first-order valence-corrected chi connectivity index (χ1v) is 28.0. The van der Waals surface area contributed by atoms with Crippen LogP contribution < -0.4 is 21.7 Å². The highest BCUT2D eigenvalue weighted by Gasteiger charge is 2.77. The number of carbonyl (C=O) groups is 2. The number of anilines is 1. The molecule has 0 radical (unpaired) electrons. The third-order valence-corrected chi connectivity index (χ3v) is 23.1. The van der Waals surface area contributed by atoms with Gasteiger partial charge in [-0.25, -0.2) is 9.97 Å². The van der Waals surface area contributed by atoms with Gasteiger partial charge in [0.05, 0.1) is 67.8 Å². The normalized spacial score (nSPS) is 46.9. The van der Waals surface area contributed by atoms with Gasteiger partial charge in [-0.3, -0.25) is 9.59 Å². The minimum Gasteiger partial charge on any atom is -0.481 e. The van der Waals surface area contributed by atoms with Crippen LogP contribution in [-0.4, -0.2) is 185 Å².